The quantitative estimate of drug-likeness (QED) is 0.733. The zero-order valence-electron chi connectivity index (χ0n) is 10.3. The first-order chi connectivity index (χ1) is 7.65. The van der Waals surface area contributed by atoms with Crippen LogP contribution in [0.25, 0.3) is 0 Å². The highest BCUT2D eigenvalue weighted by Crippen LogP contribution is 2.09. The molecule has 1 rings (SSSR count). The Balaban J connectivity index is 2.31. The lowest BCUT2D eigenvalue weighted by Gasteiger charge is -2.16. The van der Waals surface area contributed by atoms with Crippen LogP contribution in [0.3, 0.4) is 0 Å². The number of carbonyl (C=O) groups excluding carboxylic acids is 1. The maximum absolute atomic E-state index is 11.7. The molecular formula is C12H20N2OS. The van der Waals surface area contributed by atoms with Crippen molar-refractivity contribution in [2.45, 2.75) is 33.6 Å². The maximum atomic E-state index is 11.7. The van der Waals surface area contributed by atoms with Gasteiger partial charge in [0.2, 0.25) is 0 Å². The van der Waals surface area contributed by atoms with E-state index in [2.05, 4.69) is 23.7 Å². The van der Waals surface area contributed by atoms with Crippen molar-refractivity contribution in [3.8, 4) is 0 Å². The van der Waals surface area contributed by atoms with Crippen LogP contribution in [-0.2, 0) is 11.2 Å². The molecule has 1 aromatic rings. The lowest BCUT2D eigenvalue weighted by molar-refractivity contribution is -0.118. The minimum atomic E-state index is 0.289. The first-order valence-corrected chi connectivity index (χ1v) is 6.68. The fourth-order valence-electron chi connectivity index (χ4n) is 1.60. The molecule has 0 N–H and O–H groups in total. The van der Waals surface area contributed by atoms with Gasteiger partial charge in [-0.3, -0.25) is 4.79 Å². The smallest absolute Gasteiger partial charge is 0.140 e. The number of hydrogen-bond donors (Lipinski definition) is 0. The number of aromatic nitrogens is 1. The van der Waals surface area contributed by atoms with Crippen molar-refractivity contribution in [2.75, 3.05) is 19.6 Å². The van der Waals surface area contributed by atoms with Gasteiger partial charge < -0.3 is 4.90 Å². The zero-order chi connectivity index (χ0) is 12.0. The Morgan fingerprint density at radius 3 is 2.62 bits per heavy atom. The number of rotatable bonds is 7. The Morgan fingerprint density at radius 2 is 2.12 bits per heavy atom. The van der Waals surface area contributed by atoms with Crippen LogP contribution in [0.4, 0.5) is 0 Å². The lowest BCUT2D eigenvalue weighted by Crippen LogP contribution is -2.26. The van der Waals surface area contributed by atoms with E-state index in [4.69, 9.17) is 0 Å². The fourth-order valence-corrected chi connectivity index (χ4v) is 2.22. The summed E-state index contributed by atoms with van der Waals surface area (Å²) < 4.78 is 0. The van der Waals surface area contributed by atoms with E-state index in [0.717, 1.165) is 30.3 Å². The van der Waals surface area contributed by atoms with Crippen LogP contribution in [-0.4, -0.2) is 35.3 Å². The Kier molecular flexibility index (Phi) is 5.63. The van der Waals surface area contributed by atoms with Crippen LogP contribution >= 0.6 is 11.3 Å². The van der Waals surface area contributed by atoms with E-state index in [-0.39, 0.29) is 5.78 Å². The molecule has 0 unspecified atom stereocenters. The number of aryl methyl sites for hydroxylation is 1. The summed E-state index contributed by atoms with van der Waals surface area (Å²) >= 11 is 1.61. The van der Waals surface area contributed by atoms with Gasteiger partial charge in [0.05, 0.1) is 10.7 Å². The first kappa shape index (κ1) is 13.3. The Bertz CT molecular complexity index is 332. The number of thiazole rings is 1. The van der Waals surface area contributed by atoms with Crippen molar-refractivity contribution in [3.63, 3.8) is 0 Å². The van der Waals surface area contributed by atoms with Gasteiger partial charge in [0.1, 0.15) is 5.78 Å². The third kappa shape index (κ3) is 4.41. The molecule has 0 saturated carbocycles. The summed E-state index contributed by atoms with van der Waals surface area (Å²) in [5.74, 6) is 0.289. The Hall–Kier alpha value is -0.740. The third-order valence-electron chi connectivity index (χ3n) is 2.65. The van der Waals surface area contributed by atoms with Gasteiger partial charge in [-0.05, 0) is 20.0 Å². The lowest BCUT2D eigenvalue weighted by atomic mass is 10.2. The molecule has 0 amide bonds. The van der Waals surface area contributed by atoms with E-state index >= 15 is 0 Å². The van der Waals surface area contributed by atoms with Crippen molar-refractivity contribution >= 4 is 17.1 Å². The van der Waals surface area contributed by atoms with E-state index in [0.29, 0.717) is 12.8 Å². The average molecular weight is 240 g/mol. The Morgan fingerprint density at radius 1 is 1.44 bits per heavy atom. The van der Waals surface area contributed by atoms with Gasteiger partial charge in [-0.15, -0.1) is 11.3 Å². The number of carbonyl (C=O) groups is 1. The van der Waals surface area contributed by atoms with E-state index in [1.807, 2.05) is 12.3 Å². The number of hydrogen-bond acceptors (Lipinski definition) is 4. The summed E-state index contributed by atoms with van der Waals surface area (Å²) in [7, 11) is 0. The SMILES string of the molecule is CCN(CC)CCC(=O)Cc1csc(C)n1. The molecule has 0 aliphatic heterocycles. The van der Waals surface area contributed by atoms with Crippen LogP contribution in [0.5, 0.6) is 0 Å². The molecule has 0 atom stereocenters. The van der Waals surface area contributed by atoms with Crippen LogP contribution in [0.15, 0.2) is 5.38 Å². The summed E-state index contributed by atoms with van der Waals surface area (Å²) in [5.41, 5.74) is 0.923. The number of ketones is 1. The zero-order valence-corrected chi connectivity index (χ0v) is 11.1. The fraction of sp³-hybridized carbons (Fsp3) is 0.667. The van der Waals surface area contributed by atoms with Gasteiger partial charge in [0.25, 0.3) is 0 Å². The average Bonchev–Trinajstić information content (AvgIpc) is 2.65. The summed E-state index contributed by atoms with van der Waals surface area (Å²) in [5, 5.41) is 3.01. The third-order valence-corrected chi connectivity index (χ3v) is 3.47. The van der Waals surface area contributed by atoms with E-state index in [1.54, 1.807) is 11.3 Å². The molecule has 3 nitrogen and oxygen atoms in total. The second-order valence-electron chi connectivity index (χ2n) is 3.85. The second-order valence-corrected chi connectivity index (χ2v) is 4.91. The van der Waals surface area contributed by atoms with Gasteiger partial charge in [-0.2, -0.15) is 0 Å². The maximum Gasteiger partial charge on any atom is 0.140 e. The minimum Gasteiger partial charge on any atom is -0.303 e. The van der Waals surface area contributed by atoms with Crippen molar-refractivity contribution < 1.29 is 4.79 Å². The van der Waals surface area contributed by atoms with Gasteiger partial charge >= 0.3 is 0 Å². The van der Waals surface area contributed by atoms with Gasteiger partial charge in [-0.25, -0.2) is 4.98 Å². The highest BCUT2D eigenvalue weighted by Gasteiger charge is 2.08. The van der Waals surface area contributed by atoms with Crippen molar-refractivity contribution in [1.29, 1.82) is 0 Å². The van der Waals surface area contributed by atoms with Crippen molar-refractivity contribution in [3.05, 3.63) is 16.1 Å². The van der Waals surface area contributed by atoms with Gasteiger partial charge in [0, 0.05) is 24.8 Å². The molecule has 16 heavy (non-hydrogen) atoms. The molecule has 0 bridgehead atoms. The van der Waals surface area contributed by atoms with Crippen LogP contribution in [0.2, 0.25) is 0 Å². The highest BCUT2D eigenvalue weighted by molar-refractivity contribution is 7.09. The first-order valence-electron chi connectivity index (χ1n) is 5.80. The monoisotopic (exact) mass is 240 g/mol. The summed E-state index contributed by atoms with van der Waals surface area (Å²) in [6.07, 6.45) is 1.13. The minimum absolute atomic E-state index is 0.289. The molecule has 0 aliphatic carbocycles. The standard InChI is InChI=1S/C12H20N2OS/c1-4-14(5-2)7-6-12(15)8-11-9-16-10(3)13-11/h9H,4-8H2,1-3H3. The normalized spacial score (nSPS) is 11.0. The van der Waals surface area contributed by atoms with E-state index in [1.165, 1.54) is 0 Å². The van der Waals surface area contributed by atoms with Crippen molar-refractivity contribution in [2.24, 2.45) is 0 Å². The number of nitrogens with zero attached hydrogens (tertiary/aromatic N) is 2. The molecule has 0 aromatic carbocycles. The Labute approximate surface area is 101 Å². The summed E-state index contributed by atoms with van der Waals surface area (Å²) in [4.78, 5) is 18.3. The number of Topliss-reactive ketones (excluding diaryl/α,β-unsaturated/α-hetero) is 1. The van der Waals surface area contributed by atoms with Gasteiger partial charge in [-0.1, -0.05) is 13.8 Å². The topological polar surface area (TPSA) is 33.2 Å². The molecule has 0 radical (unpaired) electrons. The molecule has 0 fully saturated rings. The van der Waals surface area contributed by atoms with Gasteiger partial charge in [0.15, 0.2) is 0 Å². The molecule has 90 valence electrons. The predicted octanol–water partition coefficient (Wildman–Crippen LogP) is 2.30. The van der Waals surface area contributed by atoms with Crippen LogP contribution in [0.1, 0.15) is 31.0 Å². The molecule has 0 saturated heterocycles. The predicted molar refractivity (Wildman–Crippen MR) is 68.0 cm³/mol. The molecule has 0 spiro atoms. The molecule has 1 heterocycles. The molecule has 4 heteroatoms. The van der Waals surface area contributed by atoms with E-state index in [9.17, 15) is 4.79 Å². The summed E-state index contributed by atoms with van der Waals surface area (Å²) in [6.45, 7) is 9.11. The van der Waals surface area contributed by atoms with Crippen molar-refractivity contribution in [1.82, 2.24) is 9.88 Å². The highest BCUT2D eigenvalue weighted by atomic mass is 32.1. The molecule has 0 aliphatic rings. The molecular weight excluding hydrogens is 220 g/mol. The van der Waals surface area contributed by atoms with Crippen LogP contribution in [0, 0.1) is 6.92 Å². The summed E-state index contributed by atoms with van der Waals surface area (Å²) in [6, 6.07) is 0. The van der Waals surface area contributed by atoms with E-state index < -0.39 is 0 Å². The molecule has 1 aromatic heterocycles. The second kappa shape index (κ2) is 6.76. The van der Waals surface area contributed by atoms with Crippen LogP contribution < -0.4 is 0 Å². The largest absolute Gasteiger partial charge is 0.303 e.